The van der Waals surface area contributed by atoms with Gasteiger partial charge in [0, 0.05) is 17.1 Å². The zero-order chi connectivity index (χ0) is 16.7. The van der Waals surface area contributed by atoms with Crippen LogP contribution in [0.15, 0.2) is 59.5 Å². The topological polar surface area (TPSA) is 64.3 Å². The second-order valence-corrected chi connectivity index (χ2v) is 6.40. The highest BCUT2D eigenvalue weighted by atomic mass is 32.2. The van der Waals surface area contributed by atoms with Crippen LogP contribution < -0.4 is 4.90 Å². The molecular formula is C18H18N2O2S. The van der Waals surface area contributed by atoms with Gasteiger partial charge in [-0.2, -0.15) is 5.26 Å². The second kappa shape index (κ2) is 8.25. The van der Waals surface area contributed by atoms with Gasteiger partial charge in [-0.25, -0.2) is 0 Å². The number of anilines is 1. The summed E-state index contributed by atoms with van der Waals surface area (Å²) in [6.07, 6.45) is 0.289. The molecule has 0 fully saturated rings. The molecule has 0 saturated carbocycles. The predicted octanol–water partition coefficient (Wildman–Crippen LogP) is 3.82. The molecule has 0 saturated heterocycles. The number of benzene rings is 2. The third kappa shape index (κ3) is 4.76. The first-order chi connectivity index (χ1) is 11.1. The van der Waals surface area contributed by atoms with Crippen LogP contribution in [-0.2, 0) is 4.79 Å². The van der Waals surface area contributed by atoms with Crippen molar-refractivity contribution in [1.29, 1.82) is 5.26 Å². The van der Waals surface area contributed by atoms with Crippen LogP contribution in [0, 0.1) is 11.3 Å². The summed E-state index contributed by atoms with van der Waals surface area (Å²) in [6, 6.07) is 18.2. The molecule has 1 amide bonds. The summed E-state index contributed by atoms with van der Waals surface area (Å²) in [5, 5.41) is 17.9. The van der Waals surface area contributed by atoms with E-state index in [2.05, 4.69) is 6.07 Å². The number of nitriles is 1. The Morgan fingerprint density at radius 2 is 1.87 bits per heavy atom. The number of phenolic OH excluding ortho intramolecular Hbond substituents is 1. The minimum absolute atomic E-state index is 0.0375. The highest BCUT2D eigenvalue weighted by Crippen LogP contribution is 2.27. The summed E-state index contributed by atoms with van der Waals surface area (Å²) in [6.45, 7) is 2.22. The van der Waals surface area contributed by atoms with E-state index in [1.165, 1.54) is 11.8 Å². The lowest BCUT2D eigenvalue weighted by atomic mass is 10.2. The quantitative estimate of drug-likeness (QED) is 0.820. The summed E-state index contributed by atoms with van der Waals surface area (Å²) < 4.78 is 0. The van der Waals surface area contributed by atoms with Gasteiger partial charge in [-0.15, -0.1) is 11.8 Å². The normalized spacial score (nSPS) is 11.5. The van der Waals surface area contributed by atoms with Crippen LogP contribution in [0.2, 0.25) is 0 Å². The average molecular weight is 326 g/mol. The van der Waals surface area contributed by atoms with Gasteiger partial charge >= 0.3 is 0 Å². The van der Waals surface area contributed by atoms with E-state index in [0.717, 1.165) is 10.6 Å². The average Bonchev–Trinajstić information content (AvgIpc) is 2.58. The molecule has 0 aliphatic heterocycles. The summed E-state index contributed by atoms with van der Waals surface area (Å²) >= 11 is 1.43. The van der Waals surface area contributed by atoms with Crippen LogP contribution in [0.3, 0.4) is 0 Å². The van der Waals surface area contributed by atoms with Crippen molar-refractivity contribution in [3.05, 3.63) is 54.6 Å². The molecule has 0 spiro atoms. The molecule has 2 aromatic carbocycles. The van der Waals surface area contributed by atoms with Crippen molar-refractivity contribution in [2.45, 2.75) is 23.5 Å². The first-order valence-corrected chi connectivity index (χ1v) is 8.19. The van der Waals surface area contributed by atoms with E-state index < -0.39 is 0 Å². The summed E-state index contributed by atoms with van der Waals surface area (Å²) in [4.78, 5) is 15.3. The zero-order valence-electron chi connectivity index (χ0n) is 12.8. The van der Waals surface area contributed by atoms with Crippen molar-refractivity contribution in [2.75, 3.05) is 11.4 Å². The van der Waals surface area contributed by atoms with Crippen LogP contribution in [0.25, 0.3) is 0 Å². The summed E-state index contributed by atoms with van der Waals surface area (Å²) in [5.41, 5.74) is 0.797. The number of nitrogens with zero attached hydrogens (tertiary/aromatic N) is 2. The molecular weight excluding hydrogens is 308 g/mol. The molecule has 1 N–H and O–H groups in total. The number of amides is 1. The van der Waals surface area contributed by atoms with E-state index in [1.54, 1.807) is 29.2 Å². The number of thioether (sulfide) groups is 1. The Balaban J connectivity index is 2.12. The lowest BCUT2D eigenvalue weighted by Crippen LogP contribution is -2.37. The Kier molecular flexibility index (Phi) is 6.07. The van der Waals surface area contributed by atoms with Gasteiger partial charge in [0.25, 0.3) is 0 Å². The monoisotopic (exact) mass is 326 g/mol. The smallest absolute Gasteiger partial charge is 0.240 e. The van der Waals surface area contributed by atoms with Gasteiger partial charge in [-0.1, -0.05) is 18.2 Å². The molecule has 2 aromatic rings. The fourth-order valence-corrected chi connectivity index (χ4v) is 3.06. The minimum Gasteiger partial charge on any atom is -0.508 e. The molecule has 0 aromatic heterocycles. The van der Waals surface area contributed by atoms with E-state index in [9.17, 15) is 9.90 Å². The fraction of sp³-hybridized carbons (Fsp3) is 0.222. The van der Waals surface area contributed by atoms with Gasteiger partial charge in [0.1, 0.15) is 5.75 Å². The van der Waals surface area contributed by atoms with Crippen molar-refractivity contribution in [2.24, 2.45) is 0 Å². The van der Waals surface area contributed by atoms with Gasteiger partial charge < -0.3 is 10.0 Å². The van der Waals surface area contributed by atoms with E-state index in [1.807, 2.05) is 37.3 Å². The Morgan fingerprint density at radius 1 is 1.22 bits per heavy atom. The van der Waals surface area contributed by atoms with Crippen LogP contribution in [0.5, 0.6) is 5.75 Å². The SMILES string of the molecule is CC(Sc1ccc(O)cc1)C(=O)N(CCC#N)c1ccccc1. The number of hydrogen-bond donors (Lipinski definition) is 1. The van der Waals surface area contributed by atoms with Crippen LogP contribution in [-0.4, -0.2) is 22.8 Å². The number of carbonyl (C=O) groups excluding carboxylic acids is 1. The van der Waals surface area contributed by atoms with Gasteiger partial charge in [0.15, 0.2) is 0 Å². The number of aromatic hydroxyl groups is 1. The highest BCUT2D eigenvalue weighted by Gasteiger charge is 2.22. The maximum absolute atomic E-state index is 12.8. The molecule has 5 heteroatoms. The van der Waals surface area contributed by atoms with Gasteiger partial charge in [-0.05, 0) is 43.3 Å². The molecule has 0 radical (unpaired) electrons. The van der Waals surface area contributed by atoms with Gasteiger partial charge in [-0.3, -0.25) is 4.79 Å². The molecule has 0 heterocycles. The Hall–Kier alpha value is -2.45. The molecule has 0 aliphatic rings. The van der Waals surface area contributed by atoms with Crippen molar-refractivity contribution >= 4 is 23.4 Å². The molecule has 0 aliphatic carbocycles. The molecule has 2 rings (SSSR count). The van der Waals surface area contributed by atoms with Crippen LogP contribution >= 0.6 is 11.8 Å². The van der Waals surface area contributed by atoms with E-state index in [4.69, 9.17) is 5.26 Å². The largest absolute Gasteiger partial charge is 0.508 e. The first kappa shape index (κ1) is 16.9. The molecule has 1 atom stereocenters. The maximum atomic E-state index is 12.8. The molecule has 4 nitrogen and oxygen atoms in total. The summed E-state index contributed by atoms with van der Waals surface area (Å²) in [7, 11) is 0. The third-order valence-electron chi connectivity index (χ3n) is 3.28. The lowest BCUT2D eigenvalue weighted by molar-refractivity contribution is -0.117. The maximum Gasteiger partial charge on any atom is 0.240 e. The minimum atomic E-state index is -0.293. The van der Waals surface area contributed by atoms with Crippen molar-refractivity contribution < 1.29 is 9.90 Å². The fourth-order valence-electron chi connectivity index (χ4n) is 2.13. The lowest BCUT2D eigenvalue weighted by Gasteiger charge is -2.25. The Morgan fingerprint density at radius 3 is 2.48 bits per heavy atom. The number of hydrogen-bond acceptors (Lipinski definition) is 4. The van der Waals surface area contributed by atoms with E-state index in [-0.39, 0.29) is 23.3 Å². The number of carbonyl (C=O) groups is 1. The van der Waals surface area contributed by atoms with Crippen molar-refractivity contribution in [3.63, 3.8) is 0 Å². The summed E-state index contributed by atoms with van der Waals surface area (Å²) in [5.74, 6) is 0.165. The Bertz CT molecular complexity index is 680. The second-order valence-electron chi connectivity index (χ2n) is 4.99. The highest BCUT2D eigenvalue weighted by molar-refractivity contribution is 8.00. The molecule has 1 unspecified atom stereocenters. The van der Waals surface area contributed by atoms with E-state index >= 15 is 0 Å². The third-order valence-corrected chi connectivity index (χ3v) is 4.38. The van der Waals surface area contributed by atoms with Gasteiger partial charge in [0.2, 0.25) is 5.91 Å². The zero-order valence-corrected chi connectivity index (χ0v) is 13.7. The first-order valence-electron chi connectivity index (χ1n) is 7.31. The molecule has 0 bridgehead atoms. The molecule has 118 valence electrons. The number of para-hydroxylation sites is 1. The van der Waals surface area contributed by atoms with Crippen molar-refractivity contribution in [1.82, 2.24) is 0 Å². The van der Waals surface area contributed by atoms with Gasteiger partial charge in [0.05, 0.1) is 17.7 Å². The number of rotatable bonds is 6. The van der Waals surface area contributed by atoms with Crippen LogP contribution in [0.1, 0.15) is 13.3 Å². The van der Waals surface area contributed by atoms with Crippen molar-refractivity contribution in [3.8, 4) is 11.8 Å². The number of phenols is 1. The predicted molar refractivity (Wildman–Crippen MR) is 92.5 cm³/mol. The standard InChI is InChI=1S/C18H18N2O2S/c1-14(23-17-10-8-16(21)9-11-17)18(22)20(13-5-12-19)15-6-3-2-4-7-15/h2-4,6-11,14,21H,5,13H2,1H3. The van der Waals surface area contributed by atoms with Crippen LogP contribution in [0.4, 0.5) is 5.69 Å². The van der Waals surface area contributed by atoms with E-state index in [0.29, 0.717) is 6.54 Å². The molecule has 23 heavy (non-hydrogen) atoms. The Labute approximate surface area is 140 Å².